The van der Waals surface area contributed by atoms with Crippen molar-refractivity contribution in [1.29, 1.82) is 0 Å². The molecule has 1 unspecified atom stereocenters. The van der Waals surface area contributed by atoms with Gasteiger partial charge in [0.15, 0.2) is 0 Å². The van der Waals surface area contributed by atoms with Crippen LogP contribution in [0.2, 0.25) is 0 Å². The third kappa shape index (κ3) is 2.99. The molecule has 3 nitrogen and oxygen atoms in total. The van der Waals surface area contributed by atoms with E-state index < -0.39 is 0 Å². The van der Waals surface area contributed by atoms with Crippen molar-refractivity contribution in [2.24, 2.45) is 11.1 Å². The van der Waals surface area contributed by atoms with Crippen LogP contribution in [0.3, 0.4) is 0 Å². The minimum Gasteiger partial charge on any atom is -0.368 e. The smallest absolute Gasteiger partial charge is 0.234 e. The summed E-state index contributed by atoms with van der Waals surface area (Å²) >= 11 is 0. The number of amides is 1. The van der Waals surface area contributed by atoms with Crippen LogP contribution in [0.1, 0.15) is 33.6 Å². The van der Waals surface area contributed by atoms with Crippen molar-refractivity contribution in [3.63, 3.8) is 0 Å². The van der Waals surface area contributed by atoms with Gasteiger partial charge in [-0.3, -0.25) is 9.69 Å². The Kier molecular flexibility index (Phi) is 2.96. The molecule has 1 amide bonds. The molecule has 0 radical (unpaired) electrons. The summed E-state index contributed by atoms with van der Waals surface area (Å²) in [6, 6.07) is -0.0146. The Labute approximate surface area is 80.3 Å². The van der Waals surface area contributed by atoms with Gasteiger partial charge in [-0.25, -0.2) is 0 Å². The fourth-order valence-electron chi connectivity index (χ4n) is 1.95. The van der Waals surface area contributed by atoms with E-state index in [0.29, 0.717) is 0 Å². The predicted molar refractivity (Wildman–Crippen MR) is 53.2 cm³/mol. The van der Waals surface area contributed by atoms with Crippen LogP contribution in [0, 0.1) is 5.41 Å². The van der Waals surface area contributed by atoms with Crippen LogP contribution >= 0.6 is 0 Å². The molecule has 0 saturated carbocycles. The second-order valence-electron chi connectivity index (χ2n) is 5.09. The van der Waals surface area contributed by atoms with Gasteiger partial charge in [-0.1, -0.05) is 20.8 Å². The maximum Gasteiger partial charge on any atom is 0.234 e. The Hall–Kier alpha value is -0.570. The lowest BCUT2D eigenvalue weighted by atomic mass is 10.4. The number of primary amides is 1. The molecule has 0 aromatic carbocycles. The molecule has 1 rings (SSSR count). The number of nitrogens with two attached hydrogens (primary N) is 1. The number of nitrogens with zero attached hydrogens (tertiary/aromatic N) is 1. The molecular weight excluding hydrogens is 168 g/mol. The maximum absolute atomic E-state index is 11.1. The number of carbonyl (C=O) groups excluding carboxylic acids is 1. The van der Waals surface area contributed by atoms with E-state index in [9.17, 15) is 4.79 Å². The van der Waals surface area contributed by atoms with Crippen LogP contribution in [0.5, 0.6) is 0 Å². The van der Waals surface area contributed by atoms with Gasteiger partial charge in [-0.15, -0.1) is 0 Å². The van der Waals surface area contributed by atoms with Gasteiger partial charge in [-0.05, 0) is 24.8 Å². The minimum absolute atomic E-state index is 0.0146. The van der Waals surface area contributed by atoms with Crippen molar-refractivity contribution in [2.45, 2.75) is 39.7 Å². The minimum atomic E-state index is -0.165. The van der Waals surface area contributed by atoms with Gasteiger partial charge in [0, 0.05) is 6.54 Å². The molecule has 1 fully saturated rings. The third-order valence-corrected chi connectivity index (χ3v) is 2.37. The van der Waals surface area contributed by atoms with Crippen LogP contribution in [-0.4, -0.2) is 29.9 Å². The largest absolute Gasteiger partial charge is 0.368 e. The average molecular weight is 188 g/mol. The monoisotopic (exact) mass is 188 g/mol. The van der Waals surface area contributed by atoms with Crippen LogP contribution in [-0.2, 0) is 4.79 Å². The van der Waals surface area contributed by atoms with Gasteiger partial charge in [0.25, 0.3) is 0 Å². The number of rotatable bonds is 2. The van der Waals surface area contributed by atoms with E-state index in [1.807, 2.05) is 0 Å². The fraction of sp³-hybridized carbons (Fsp3) is 0.900. The van der Waals surface area contributed by atoms with E-state index in [-0.39, 0.29) is 17.4 Å². The Balaban J connectivity index is 2.54. The Morgan fingerprint density at radius 2 is 2.15 bits per heavy atom. The summed E-state index contributed by atoms with van der Waals surface area (Å²) < 4.78 is 0. The van der Waals surface area contributed by atoms with E-state index in [0.717, 1.165) is 25.9 Å². The average Bonchev–Trinajstić information content (AvgIpc) is 2.31. The topological polar surface area (TPSA) is 46.3 Å². The third-order valence-electron chi connectivity index (χ3n) is 2.37. The summed E-state index contributed by atoms with van der Waals surface area (Å²) in [5, 5.41) is 0. The molecule has 0 aromatic heterocycles. The highest BCUT2D eigenvalue weighted by Crippen LogP contribution is 2.23. The number of hydrogen-bond donors (Lipinski definition) is 1. The molecule has 0 spiro atoms. The Morgan fingerprint density at radius 3 is 2.62 bits per heavy atom. The summed E-state index contributed by atoms with van der Waals surface area (Å²) in [5.74, 6) is -0.165. The van der Waals surface area contributed by atoms with Crippen LogP contribution in [0.4, 0.5) is 0 Å². The van der Waals surface area contributed by atoms with E-state index in [1.165, 1.54) is 0 Å². The summed E-state index contributed by atoms with van der Waals surface area (Å²) in [6.45, 7) is 8.53. The standard InChI is InChI=1S/C10H20N2O/c1-10(2,3)7-12-6-4-5-8(12)9(11)13/h8H,4-7H2,1-3H3,(H2,11,13)/i7+1,8+1,10+1,11+1. The quantitative estimate of drug-likeness (QED) is 0.518. The molecule has 1 saturated heterocycles. The van der Waals surface area contributed by atoms with Gasteiger partial charge >= 0.3 is 0 Å². The van der Waals surface area contributed by atoms with E-state index in [1.54, 1.807) is 0 Å². The number of hydrogen-bond acceptors (Lipinski definition) is 2. The summed E-state index contributed by atoms with van der Waals surface area (Å²) in [7, 11) is 0. The van der Waals surface area contributed by atoms with Gasteiger partial charge in [0.05, 0.1) is 6.04 Å². The van der Waals surface area contributed by atoms with Crippen molar-refractivity contribution in [1.82, 2.24) is 4.90 Å². The first kappa shape index (κ1) is 10.5. The Morgan fingerprint density at radius 1 is 1.54 bits per heavy atom. The molecule has 1 atom stereocenters. The first-order valence-electron chi connectivity index (χ1n) is 4.93. The Bertz CT molecular complexity index is 196. The summed E-state index contributed by atoms with van der Waals surface area (Å²) in [4.78, 5) is 13.3. The predicted octanol–water partition coefficient (Wildman–Crippen LogP) is 0.982. The lowest BCUT2D eigenvalue weighted by molar-refractivity contribution is -0.122. The molecular formula is C10H20N2O. The molecule has 1 aliphatic rings. The normalized spacial score (nSPS) is 25.0. The van der Waals surface area contributed by atoms with E-state index >= 15 is 0 Å². The first-order chi connectivity index (χ1) is 5.90. The zero-order valence-corrected chi connectivity index (χ0v) is 8.84. The second kappa shape index (κ2) is 3.66. The van der Waals surface area contributed by atoms with Crippen molar-refractivity contribution >= 4 is 5.91 Å². The van der Waals surface area contributed by atoms with E-state index in [4.69, 9.17) is 5.73 Å². The van der Waals surface area contributed by atoms with Crippen molar-refractivity contribution in [3.8, 4) is 0 Å². The highest BCUT2D eigenvalue weighted by Gasteiger charge is 2.31. The molecule has 0 bridgehead atoms. The molecule has 0 aliphatic carbocycles. The van der Waals surface area contributed by atoms with Crippen molar-refractivity contribution in [2.75, 3.05) is 13.1 Å². The molecule has 1 heterocycles. The number of likely N-dealkylation sites (tertiary alicyclic amines) is 1. The molecule has 76 valence electrons. The fourth-order valence-corrected chi connectivity index (χ4v) is 1.95. The molecule has 0 aromatic rings. The molecule has 1 aliphatic heterocycles. The maximum atomic E-state index is 11.1. The van der Waals surface area contributed by atoms with Gasteiger partial charge in [-0.2, -0.15) is 0 Å². The molecule has 3 heteroatoms. The van der Waals surface area contributed by atoms with E-state index in [2.05, 4.69) is 25.7 Å². The zero-order valence-electron chi connectivity index (χ0n) is 8.84. The van der Waals surface area contributed by atoms with Gasteiger partial charge < -0.3 is 5.73 Å². The van der Waals surface area contributed by atoms with Crippen molar-refractivity contribution in [3.05, 3.63) is 0 Å². The van der Waals surface area contributed by atoms with Crippen LogP contribution in [0.15, 0.2) is 0 Å². The second-order valence-corrected chi connectivity index (χ2v) is 5.09. The SMILES string of the molecule is C[13C](C)(C)[13CH2]N1CCC[13CH]1C([15NH2])=O. The highest BCUT2D eigenvalue weighted by atomic mass is 16.2. The molecule has 13 heavy (non-hydrogen) atoms. The summed E-state index contributed by atoms with van der Waals surface area (Å²) in [5.41, 5.74) is 5.57. The summed E-state index contributed by atoms with van der Waals surface area (Å²) in [6.07, 6.45) is 2.04. The molecule has 2 N–H and O–H groups in total. The van der Waals surface area contributed by atoms with Gasteiger partial charge in [0.2, 0.25) is 5.91 Å². The first-order valence-corrected chi connectivity index (χ1v) is 4.93. The number of carbonyl (C=O) groups is 1. The lowest BCUT2D eigenvalue weighted by Crippen LogP contribution is -2.43. The zero-order chi connectivity index (χ0) is 10.1. The highest BCUT2D eigenvalue weighted by molar-refractivity contribution is 5.80. The van der Waals surface area contributed by atoms with Crippen LogP contribution in [0.25, 0.3) is 0 Å². The van der Waals surface area contributed by atoms with Crippen molar-refractivity contribution < 1.29 is 4.79 Å². The lowest BCUT2D eigenvalue weighted by Gasteiger charge is -2.29. The van der Waals surface area contributed by atoms with Gasteiger partial charge in [0.1, 0.15) is 0 Å². The van der Waals surface area contributed by atoms with Crippen LogP contribution < -0.4 is 5.73 Å².